The van der Waals surface area contributed by atoms with Crippen LogP contribution < -0.4 is 0 Å². The van der Waals surface area contributed by atoms with Crippen molar-refractivity contribution >= 4 is 23.5 Å². The van der Waals surface area contributed by atoms with Gasteiger partial charge in [-0.05, 0) is 32.9 Å². The molecule has 0 spiro atoms. The molecule has 0 amide bonds. The summed E-state index contributed by atoms with van der Waals surface area (Å²) in [5, 5.41) is 8.95. The van der Waals surface area contributed by atoms with Crippen LogP contribution in [0, 0.1) is 0 Å². The van der Waals surface area contributed by atoms with E-state index in [0.717, 1.165) is 0 Å². The van der Waals surface area contributed by atoms with Crippen LogP contribution >= 0.6 is 11.6 Å². The molecule has 5 nitrogen and oxygen atoms in total. The van der Waals surface area contributed by atoms with Crippen molar-refractivity contribution in [3.8, 4) is 0 Å². The summed E-state index contributed by atoms with van der Waals surface area (Å²) in [5.41, 5.74) is -1.25. The highest BCUT2D eigenvalue weighted by Gasteiger charge is 2.24. The van der Waals surface area contributed by atoms with E-state index < -0.39 is 17.5 Å². The highest BCUT2D eigenvalue weighted by Crippen LogP contribution is 2.16. The molecule has 0 aromatic carbocycles. The van der Waals surface area contributed by atoms with Crippen molar-refractivity contribution in [2.45, 2.75) is 26.4 Å². The van der Waals surface area contributed by atoms with Gasteiger partial charge in [0, 0.05) is 0 Å². The number of carbonyl (C=O) groups excluding carboxylic acids is 1. The average Bonchev–Trinajstić information content (AvgIpc) is 2.14. The van der Waals surface area contributed by atoms with Gasteiger partial charge in [-0.3, -0.25) is 0 Å². The summed E-state index contributed by atoms with van der Waals surface area (Å²) in [6, 6.07) is 2.52. The van der Waals surface area contributed by atoms with E-state index in [-0.39, 0.29) is 16.4 Å². The molecule has 1 aromatic rings. The second kappa shape index (κ2) is 4.71. The topological polar surface area (TPSA) is 76.5 Å². The van der Waals surface area contributed by atoms with Crippen LogP contribution in [-0.4, -0.2) is 27.6 Å². The number of pyridine rings is 1. The third-order valence-electron chi connectivity index (χ3n) is 1.68. The maximum Gasteiger partial charge on any atom is 0.358 e. The Labute approximate surface area is 103 Å². The molecule has 1 heterocycles. The third kappa shape index (κ3) is 3.71. The van der Waals surface area contributed by atoms with Gasteiger partial charge in [-0.15, -0.1) is 0 Å². The van der Waals surface area contributed by atoms with Crippen LogP contribution in [0.1, 0.15) is 41.6 Å². The molecule has 0 bridgehead atoms. The summed E-state index contributed by atoms with van der Waals surface area (Å²) in [5.74, 6) is -2.06. The molecule has 0 aliphatic carbocycles. The number of hydrogen-bond donors (Lipinski definition) is 1. The molecule has 0 aliphatic heterocycles. The van der Waals surface area contributed by atoms with Crippen molar-refractivity contribution in [2.24, 2.45) is 0 Å². The van der Waals surface area contributed by atoms with Gasteiger partial charge in [0.2, 0.25) is 0 Å². The van der Waals surface area contributed by atoms with Crippen molar-refractivity contribution in [1.82, 2.24) is 4.98 Å². The fraction of sp³-hybridized carbons (Fsp3) is 0.364. The third-order valence-corrected chi connectivity index (χ3v) is 1.89. The minimum absolute atomic E-state index is 0.0378. The Balaban J connectivity index is 3.16. The van der Waals surface area contributed by atoms with Gasteiger partial charge in [-0.1, -0.05) is 11.6 Å². The molecule has 1 N–H and O–H groups in total. The van der Waals surface area contributed by atoms with Gasteiger partial charge >= 0.3 is 11.9 Å². The van der Waals surface area contributed by atoms with E-state index in [4.69, 9.17) is 21.4 Å². The Bertz CT molecular complexity index is 465. The first-order chi connectivity index (χ1) is 7.70. The monoisotopic (exact) mass is 257 g/mol. The molecule has 0 unspecified atom stereocenters. The number of nitrogens with zero attached hydrogens (tertiary/aromatic N) is 1. The van der Waals surface area contributed by atoms with Crippen molar-refractivity contribution in [3.63, 3.8) is 0 Å². The predicted molar refractivity (Wildman–Crippen MR) is 61.4 cm³/mol. The Kier molecular flexibility index (Phi) is 3.72. The van der Waals surface area contributed by atoms with Crippen molar-refractivity contribution in [3.05, 3.63) is 28.5 Å². The number of carboxylic acids is 1. The second-order valence-corrected chi connectivity index (χ2v) is 4.72. The fourth-order valence-corrected chi connectivity index (χ4v) is 1.24. The van der Waals surface area contributed by atoms with Gasteiger partial charge in [0.05, 0.1) is 5.56 Å². The summed E-state index contributed by atoms with van der Waals surface area (Å²) >= 11 is 5.62. The van der Waals surface area contributed by atoms with Crippen molar-refractivity contribution < 1.29 is 19.4 Å². The molecule has 0 atom stereocenters. The smallest absolute Gasteiger partial charge is 0.358 e. The number of aromatic nitrogens is 1. The zero-order valence-corrected chi connectivity index (χ0v) is 10.4. The maximum absolute atomic E-state index is 11.7. The zero-order chi connectivity index (χ0) is 13.2. The zero-order valence-electron chi connectivity index (χ0n) is 9.65. The molecular weight excluding hydrogens is 246 g/mol. The minimum Gasteiger partial charge on any atom is -0.478 e. The summed E-state index contributed by atoms with van der Waals surface area (Å²) in [6.45, 7) is 5.03. The Morgan fingerprint density at radius 1 is 1.35 bits per heavy atom. The molecule has 1 rings (SSSR count). The lowest BCUT2D eigenvalue weighted by molar-refractivity contribution is 0.00589. The average molecular weight is 258 g/mol. The van der Waals surface area contributed by atoms with Crippen LogP contribution in [0.15, 0.2) is 12.1 Å². The number of halogens is 1. The van der Waals surface area contributed by atoms with Crippen molar-refractivity contribution in [1.29, 1.82) is 0 Å². The van der Waals surface area contributed by atoms with E-state index in [9.17, 15) is 9.59 Å². The lowest BCUT2D eigenvalue weighted by Crippen LogP contribution is -2.26. The van der Waals surface area contributed by atoms with Gasteiger partial charge < -0.3 is 9.84 Å². The first kappa shape index (κ1) is 13.4. The normalized spacial score (nSPS) is 11.1. The minimum atomic E-state index is -1.25. The van der Waals surface area contributed by atoms with Crippen molar-refractivity contribution in [2.75, 3.05) is 0 Å². The second-order valence-electron chi connectivity index (χ2n) is 4.34. The number of hydrogen-bond acceptors (Lipinski definition) is 4. The number of esters is 1. The van der Waals surface area contributed by atoms with E-state index in [2.05, 4.69) is 4.98 Å². The number of carbonyl (C=O) groups is 2. The van der Waals surface area contributed by atoms with Crippen LogP contribution in [0.3, 0.4) is 0 Å². The van der Waals surface area contributed by atoms with Crippen LogP contribution in [0.25, 0.3) is 0 Å². The van der Waals surface area contributed by atoms with E-state index in [1.54, 1.807) is 20.8 Å². The van der Waals surface area contributed by atoms with E-state index in [0.29, 0.717) is 0 Å². The van der Waals surface area contributed by atoms with Gasteiger partial charge in [0.15, 0.2) is 5.69 Å². The summed E-state index contributed by atoms with van der Waals surface area (Å²) in [6.07, 6.45) is 0. The highest BCUT2D eigenvalue weighted by molar-refractivity contribution is 6.29. The lowest BCUT2D eigenvalue weighted by Gasteiger charge is -2.19. The molecule has 6 heteroatoms. The van der Waals surface area contributed by atoms with Gasteiger partial charge in [-0.2, -0.15) is 0 Å². The van der Waals surface area contributed by atoms with Gasteiger partial charge in [0.25, 0.3) is 0 Å². The van der Waals surface area contributed by atoms with Crippen LogP contribution in [0.4, 0.5) is 0 Å². The van der Waals surface area contributed by atoms with Gasteiger partial charge in [-0.25, -0.2) is 14.6 Å². The number of aromatic carboxylic acids is 1. The Hall–Kier alpha value is -1.62. The van der Waals surface area contributed by atoms with Crippen LogP contribution in [0.2, 0.25) is 5.15 Å². The number of carboxylic acid groups (broad SMARTS) is 1. The fourth-order valence-electron chi connectivity index (χ4n) is 1.09. The molecule has 92 valence electrons. The van der Waals surface area contributed by atoms with Gasteiger partial charge in [0.1, 0.15) is 10.8 Å². The molecule has 0 saturated heterocycles. The molecule has 0 radical (unpaired) electrons. The quantitative estimate of drug-likeness (QED) is 0.650. The summed E-state index contributed by atoms with van der Waals surface area (Å²) in [4.78, 5) is 26.3. The standard InChI is InChI=1S/C11H12ClNO4/c1-11(2,3)17-10(16)8-6(9(14)15)4-5-7(12)13-8/h4-5H,1-3H3,(H,14,15). The Morgan fingerprint density at radius 3 is 2.41 bits per heavy atom. The maximum atomic E-state index is 11.7. The molecule has 0 aliphatic rings. The molecular formula is C11H12ClNO4. The SMILES string of the molecule is CC(C)(C)OC(=O)c1nc(Cl)ccc1C(=O)O. The summed E-state index contributed by atoms with van der Waals surface area (Å²) in [7, 11) is 0. The first-order valence-electron chi connectivity index (χ1n) is 4.84. The molecule has 0 saturated carbocycles. The van der Waals surface area contributed by atoms with E-state index >= 15 is 0 Å². The van der Waals surface area contributed by atoms with Crippen LogP contribution in [-0.2, 0) is 4.74 Å². The molecule has 0 fully saturated rings. The first-order valence-corrected chi connectivity index (χ1v) is 5.21. The van der Waals surface area contributed by atoms with E-state index in [1.807, 2.05) is 0 Å². The highest BCUT2D eigenvalue weighted by atomic mass is 35.5. The largest absolute Gasteiger partial charge is 0.478 e. The molecule has 17 heavy (non-hydrogen) atoms. The number of ether oxygens (including phenoxy) is 1. The lowest BCUT2D eigenvalue weighted by atomic mass is 10.1. The predicted octanol–water partition coefficient (Wildman–Crippen LogP) is 2.39. The molecule has 1 aromatic heterocycles. The Morgan fingerprint density at radius 2 is 1.94 bits per heavy atom. The number of rotatable bonds is 2. The van der Waals surface area contributed by atoms with Crippen LogP contribution in [0.5, 0.6) is 0 Å². The summed E-state index contributed by atoms with van der Waals surface area (Å²) < 4.78 is 5.05. The van der Waals surface area contributed by atoms with E-state index in [1.165, 1.54) is 12.1 Å².